The molecule has 0 radical (unpaired) electrons. The van der Waals surface area contributed by atoms with Gasteiger partial charge in [0.05, 0.1) is 19.5 Å². The lowest BCUT2D eigenvalue weighted by Crippen LogP contribution is -2.30. The van der Waals surface area contributed by atoms with Gasteiger partial charge < -0.3 is 9.47 Å². The van der Waals surface area contributed by atoms with Crippen molar-refractivity contribution in [2.75, 3.05) is 24.8 Å². The van der Waals surface area contributed by atoms with Crippen molar-refractivity contribution in [2.45, 2.75) is 52.1 Å². The number of hydrogen-bond acceptors (Lipinski definition) is 6. The Morgan fingerprint density at radius 3 is 2.35 bits per heavy atom. The first kappa shape index (κ1) is 22.2. The number of carbonyl (C=O) groups is 1. The predicted molar refractivity (Wildman–Crippen MR) is 101 cm³/mol. The zero-order valence-corrected chi connectivity index (χ0v) is 16.7. The number of carbonyl (C=O) groups excluding carboxylic acids is 1. The summed E-state index contributed by atoms with van der Waals surface area (Å²) in [6.45, 7) is 6.24. The van der Waals surface area contributed by atoms with Crippen LogP contribution < -0.4 is 10.1 Å². The maximum Gasteiger partial charge on any atom is 0.411 e. The fraction of sp³-hybridized carbons (Fsp3) is 0.611. The molecule has 0 atom stereocenters. The van der Waals surface area contributed by atoms with E-state index in [-0.39, 0.29) is 6.61 Å². The van der Waals surface area contributed by atoms with E-state index in [1.54, 1.807) is 24.3 Å². The van der Waals surface area contributed by atoms with Crippen molar-refractivity contribution < 1.29 is 26.9 Å². The lowest BCUT2D eigenvalue weighted by molar-refractivity contribution is 0.0824. The van der Waals surface area contributed by atoms with Crippen LogP contribution in [0.2, 0.25) is 0 Å². The molecule has 0 unspecified atom stereocenters. The Morgan fingerprint density at radius 1 is 1.12 bits per heavy atom. The molecule has 0 spiro atoms. The molecule has 1 aromatic rings. The standard InChI is InChI=1S/C18H29NO6S/c1-5-6-7-13-23-17(20)19-15-8-10-16(11-9-15)25-18(2,3)12-14-24-26(4,21)22/h8-11H,5-7,12-14H2,1-4H3,(H,19,20). The quantitative estimate of drug-likeness (QED) is 0.457. The average molecular weight is 387 g/mol. The van der Waals surface area contributed by atoms with E-state index in [0.717, 1.165) is 25.5 Å². The van der Waals surface area contributed by atoms with Gasteiger partial charge in [0.25, 0.3) is 10.1 Å². The minimum absolute atomic E-state index is 0.0509. The van der Waals surface area contributed by atoms with Gasteiger partial charge in [-0.2, -0.15) is 8.42 Å². The third-order valence-corrected chi connectivity index (χ3v) is 4.07. The first-order chi connectivity index (χ1) is 12.1. The molecule has 0 aliphatic heterocycles. The van der Waals surface area contributed by atoms with E-state index in [1.807, 2.05) is 13.8 Å². The highest BCUT2D eigenvalue weighted by atomic mass is 32.2. The first-order valence-corrected chi connectivity index (χ1v) is 10.5. The van der Waals surface area contributed by atoms with Crippen LogP contribution in [0.1, 0.15) is 46.5 Å². The number of ether oxygens (including phenoxy) is 2. The summed E-state index contributed by atoms with van der Waals surface area (Å²) in [5, 5.41) is 2.66. The molecule has 8 heteroatoms. The molecule has 1 N–H and O–H groups in total. The number of anilines is 1. The molecule has 148 valence electrons. The van der Waals surface area contributed by atoms with Gasteiger partial charge in [0.15, 0.2) is 0 Å². The molecule has 0 heterocycles. The SMILES string of the molecule is CCCCCOC(=O)Nc1ccc(OC(C)(C)CCOS(C)(=O)=O)cc1. The van der Waals surface area contributed by atoms with Gasteiger partial charge in [-0.15, -0.1) is 0 Å². The minimum atomic E-state index is -3.45. The molecule has 26 heavy (non-hydrogen) atoms. The highest BCUT2D eigenvalue weighted by molar-refractivity contribution is 7.85. The highest BCUT2D eigenvalue weighted by Crippen LogP contribution is 2.23. The van der Waals surface area contributed by atoms with E-state index in [2.05, 4.69) is 12.2 Å². The van der Waals surface area contributed by atoms with Crippen LogP contribution in [-0.4, -0.2) is 39.6 Å². The number of amides is 1. The van der Waals surface area contributed by atoms with Gasteiger partial charge >= 0.3 is 6.09 Å². The number of hydrogen-bond donors (Lipinski definition) is 1. The summed E-state index contributed by atoms with van der Waals surface area (Å²) in [5.41, 5.74) is 0.00810. The summed E-state index contributed by atoms with van der Waals surface area (Å²) in [6, 6.07) is 6.88. The van der Waals surface area contributed by atoms with E-state index in [0.29, 0.717) is 24.5 Å². The molecule has 0 aliphatic carbocycles. The molecule has 1 amide bonds. The van der Waals surface area contributed by atoms with Crippen LogP contribution in [0.15, 0.2) is 24.3 Å². The normalized spacial score (nSPS) is 11.8. The van der Waals surface area contributed by atoms with E-state index >= 15 is 0 Å². The van der Waals surface area contributed by atoms with Crippen molar-refractivity contribution in [2.24, 2.45) is 0 Å². The van der Waals surface area contributed by atoms with Crippen molar-refractivity contribution in [3.63, 3.8) is 0 Å². The van der Waals surface area contributed by atoms with Crippen LogP contribution in [0.4, 0.5) is 10.5 Å². The maximum atomic E-state index is 11.7. The monoisotopic (exact) mass is 387 g/mol. The Hall–Kier alpha value is -1.80. The molecule has 0 saturated heterocycles. The average Bonchev–Trinajstić information content (AvgIpc) is 2.52. The van der Waals surface area contributed by atoms with Crippen molar-refractivity contribution in [3.05, 3.63) is 24.3 Å². The lowest BCUT2D eigenvalue weighted by atomic mass is 10.1. The summed E-state index contributed by atoms with van der Waals surface area (Å²) >= 11 is 0. The number of nitrogens with one attached hydrogen (secondary N) is 1. The van der Waals surface area contributed by atoms with Gasteiger partial charge in [-0.3, -0.25) is 9.50 Å². The fourth-order valence-corrected chi connectivity index (χ4v) is 2.47. The zero-order valence-electron chi connectivity index (χ0n) is 15.9. The van der Waals surface area contributed by atoms with Crippen LogP contribution in [0, 0.1) is 0 Å². The Bertz CT molecular complexity index is 655. The van der Waals surface area contributed by atoms with Crippen molar-refractivity contribution >= 4 is 21.9 Å². The second-order valence-corrected chi connectivity index (χ2v) is 8.27. The topological polar surface area (TPSA) is 90.9 Å². The number of rotatable bonds is 11. The number of benzene rings is 1. The molecular formula is C18H29NO6S. The van der Waals surface area contributed by atoms with Gasteiger partial charge in [-0.1, -0.05) is 19.8 Å². The van der Waals surface area contributed by atoms with E-state index in [1.165, 1.54) is 0 Å². The van der Waals surface area contributed by atoms with Crippen molar-refractivity contribution in [1.82, 2.24) is 0 Å². The van der Waals surface area contributed by atoms with Gasteiger partial charge in [-0.25, -0.2) is 4.79 Å². The van der Waals surface area contributed by atoms with Crippen LogP contribution in [0.25, 0.3) is 0 Å². The molecule has 1 rings (SSSR count). The first-order valence-electron chi connectivity index (χ1n) is 8.68. The molecule has 0 saturated carbocycles. The summed E-state index contributed by atoms with van der Waals surface area (Å²) in [7, 11) is -3.45. The van der Waals surface area contributed by atoms with Gasteiger partial charge in [0.2, 0.25) is 0 Å². The Balaban J connectivity index is 2.44. The maximum absolute atomic E-state index is 11.7. The van der Waals surface area contributed by atoms with Crippen LogP contribution in [0.5, 0.6) is 5.75 Å². The summed E-state index contributed by atoms with van der Waals surface area (Å²) in [5.74, 6) is 0.608. The molecule has 7 nitrogen and oxygen atoms in total. The summed E-state index contributed by atoms with van der Waals surface area (Å²) in [4.78, 5) is 11.7. The van der Waals surface area contributed by atoms with Gasteiger partial charge in [0, 0.05) is 12.1 Å². The Labute approximate surface area is 156 Å². The fourth-order valence-electron chi connectivity index (χ4n) is 2.09. The second-order valence-electron chi connectivity index (χ2n) is 6.63. The van der Waals surface area contributed by atoms with Crippen molar-refractivity contribution in [1.29, 1.82) is 0 Å². The largest absolute Gasteiger partial charge is 0.488 e. The van der Waals surface area contributed by atoms with Crippen LogP contribution in [0.3, 0.4) is 0 Å². The smallest absolute Gasteiger partial charge is 0.411 e. The molecule has 0 aromatic heterocycles. The third-order valence-electron chi connectivity index (χ3n) is 3.48. The molecule has 0 aliphatic rings. The summed E-state index contributed by atoms with van der Waals surface area (Å²) in [6.07, 6.45) is 3.90. The lowest BCUT2D eigenvalue weighted by Gasteiger charge is -2.26. The molecule has 1 aromatic carbocycles. The van der Waals surface area contributed by atoms with Crippen molar-refractivity contribution in [3.8, 4) is 5.75 Å². The third kappa shape index (κ3) is 10.2. The van der Waals surface area contributed by atoms with Crippen LogP contribution >= 0.6 is 0 Å². The Kier molecular flexibility index (Phi) is 8.87. The van der Waals surface area contributed by atoms with Crippen LogP contribution in [-0.2, 0) is 19.0 Å². The minimum Gasteiger partial charge on any atom is -0.488 e. The number of unbranched alkanes of at least 4 members (excludes halogenated alkanes) is 2. The molecule has 0 fully saturated rings. The molecular weight excluding hydrogens is 358 g/mol. The Morgan fingerprint density at radius 2 is 1.77 bits per heavy atom. The highest BCUT2D eigenvalue weighted by Gasteiger charge is 2.20. The van der Waals surface area contributed by atoms with Gasteiger partial charge in [-0.05, 0) is 44.5 Å². The zero-order chi connectivity index (χ0) is 19.6. The molecule has 0 bridgehead atoms. The van der Waals surface area contributed by atoms with E-state index in [9.17, 15) is 13.2 Å². The van der Waals surface area contributed by atoms with E-state index < -0.39 is 21.8 Å². The summed E-state index contributed by atoms with van der Waals surface area (Å²) < 4.78 is 37.7. The van der Waals surface area contributed by atoms with Gasteiger partial charge in [0.1, 0.15) is 11.4 Å². The van der Waals surface area contributed by atoms with E-state index in [4.69, 9.17) is 13.7 Å². The second kappa shape index (κ2) is 10.4. The predicted octanol–water partition coefficient (Wildman–Crippen LogP) is 3.95.